The van der Waals surface area contributed by atoms with Crippen molar-refractivity contribution in [3.05, 3.63) is 58.9 Å². The second kappa shape index (κ2) is 8.93. The number of ether oxygens (including phenoxy) is 1. The number of urea groups is 1. The van der Waals surface area contributed by atoms with Crippen molar-refractivity contribution in [1.29, 1.82) is 0 Å². The molecule has 0 radical (unpaired) electrons. The summed E-state index contributed by atoms with van der Waals surface area (Å²) in [5, 5.41) is 9.29. The first kappa shape index (κ1) is 21.1. The summed E-state index contributed by atoms with van der Waals surface area (Å²) in [4.78, 5) is 20.4. The van der Waals surface area contributed by atoms with Crippen LogP contribution in [0, 0.1) is 5.92 Å². The van der Waals surface area contributed by atoms with Crippen LogP contribution in [0.15, 0.2) is 52.0 Å². The first-order valence-electron chi connectivity index (χ1n) is 10.3. The molecule has 1 aliphatic heterocycles. The van der Waals surface area contributed by atoms with Crippen molar-refractivity contribution < 1.29 is 14.1 Å². The second-order valence-electron chi connectivity index (χ2n) is 7.89. The summed E-state index contributed by atoms with van der Waals surface area (Å²) >= 11 is 1.56. The molecule has 2 amide bonds. The molecule has 0 saturated heterocycles. The van der Waals surface area contributed by atoms with Crippen LogP contribution in [0.1, 0.15) is 44.7 Å². The minimum atomic E-state index is -0.398. The average Bonchev–Trinajstić information content (AvgIpc) is 3.45. The Balaban J connectivity index is 1.77. The number of methoxy groups -OCH3 is 1. The average molecular weight is 439 g/mol. The van der Waals surface area contributed by atoms with E-state index >= 15 is 0 Å². The lowest BCUT2D eigenvalue weighted by Gasteiger charge is -2.35. The summed E-state index contributed by atoms with van der Waals surface area (Å²) < 4.78 is 11.0. The number of carbonyl (C=O) groups excluding carboxylic acids is 1. The number of nitrogens with one attached hydrogen (secondary N) is 1. The van der Waals surface area contributed by atoms with E-state index in [1.807, 2.05) is 48.7 Å². The summed E-state index contributed by atoms with van der Waals surface area (Å²) in [5.74, 6) is 2.20. The number of rotatable bonds is 7. The van der Waals surface area contributed by atoms with Gasteiger partial charge in [-0.1, -0.05) is 37.2 Å². The van der Waals surface area contributed by atoms with E-state index in [0.29, 0.717) is 24.2 Å². The van der Waals surface area contributed by atoms with E-state index in [1.165, 1.54) is 0 Å². The summed E-state index contributed by atoms with van der Waals surface area (Å²) in [6.45, 7) is 6.86. The number of carbonyl (C=O) groups is 1. The molecule has 0 aliphatic carbocycles. The molecule has 0 fully saturated rings. The van der Waals surface area contributed by atoms with Crippen molar-refractivity contribution in [2.45, 2.75) is 33.2 Å². The van der Waals surface area contributed by atoms with Crippen LogP contribution in [0.25, 0.3) is 16.3 Å². The highest BCUT2D eigenvalue weighted by atomic mass is 32.1. The predicted molar refractivity (Wildman–Crippen MR) is 121 cm³/mol. The number of aromatic nitrogens is 2. The molecule has 1 atom stereocenters. The monoisotopic (exact) mass is 438 g/mol. The van der Waals surface area contributed by atoms with E-state index in [4.69, 9.17) is 9.26 Å². The van der Waals surface area contributed by atoms with E-state index < -0.39 is 6.04 Å². The number of allylic oxidation sites excluding steroid dienone is 1. The van der Waals surface area contributed by atoms with Crippen molar-refractivity contribution in [1.82, 2.24) is 20.4 Å². The number of amides is 2. The van der Waals surface area contributed by atoms with E-state index in [1.54, 1.807) is 23.3 Å². The fourth-order valence-electron chi connectivity index (χ4n) is 3.60. The van der Waals surface area contributed by atoms with Gasteiger partial charge in [-0.15, -0.1) is 11.3 Å². The zero-order chi connectivity index (χ0) is 22.0. The zero-order valence-electron chi connectivity index (χ0n) is 18.1. The van der Waals surface area contributed by atoms with Crippen molar-refractivity contribution in [3.63, 3.8) is 0 Å². The molecule has 7 nitrogen and oxygen atoms in total. The zero-order valence-corrected chi connectivity index (χ0v) is 18.9. The Bertz CT molecular complexity index is 1070. The van der Waals surface area contributed by atoms with Crippen LogP contribution in [-0.2, 0) is 0 Å². The van der Waals surface area contributed by atoms with Crippen molar-refractivity contribution in [3.8, 4) is 16.5 Å². The minimum absolute atomic E-state index is 0.124. The fraction of sp³-hybridized carbons (Fsp3) is 0.348. The molecule has 8 heteroatoms. The van der Waals surface area contributed by atoms with Crippen molar-refractivity contribution >= 4 is 22.9 Å². The van der Waals surface area contributed by atoms with Crippen LogP contribution < -0.4 is 10.1 Å². The molecule has 31 heavy (non-hydrogen) atoms. The lowest BCUT2D eigenvalue weighted by atomic mass is 9.94. The number of benzene rings is 1. The normalized spacial score (nSPS) is 16.7. The van der Waals surface area contributed by atoms with Crippen LogP contribution in [0.3, 0.4) is 0 Å². The van der Waals surface area contributed by atoms with Gasteiger partial charge in [0.2, 0.25) is 5.82 Å². The molecule has 1 N–H and O–H groups in total. The minimum Gasteiger partial charge on any atom is -0.497 e. The molecule has 162 valence electrons. The van der Waals surface area contributed by atoms with Crippen LogP contribution >= 0.6 is 11.3 Å². The molecule has 0 spiro atoms. The lowest BCUT2D eigenvalue weighted by Crippen LogP contribution is -2.46. The third kappa shape index (κ3) is 4.34. The van der Waals surface area contributed by atoms with Gasteiger partial charge in [-0.25, -0.2) is 4.79 Å². The number of thiophene rings is 1. The van der Waals surface area contributed by atoms with Crippen molar-refractivity contribution in [2.75, 3.05) is 13.7 Å². The molecule has 1 aromatic carbocycles. The van der Waals surface area contributed by atoms with Gasteiger partial charge >= 0.3 is 6.03 Å². The molecule has 1 unspecified atom stereocenters. The summed E-state index contributed by atoms with van der Waals surface area (Å²) in [6.07, 6.45) is 0.898. The Morgan fingerprint density at radius 1 is 1.26 bits per heavy atom. The molecule has 4 rings (SSSR count). The Morgan fingerprint density at radius 3 is 2.68 bits per heavy atom. The fourth-order valence-corrected chi connectivity index (χ4v) is 4.25. The summed E-state index contributed by atoms with van der Waals surface area (Å²) in [5.41, 5.74) is 2.55. The van der Waals surface area contributed by atoms with Crippen LogP contribution in [0.5, 0.6) is 5.75 Å². The molecular weight excluding hydrogens is 412 g/mol. The second-order valence-corrected chi connectivity index (χ2v) is 8.84. The molecule has 1 aliphatic rings. The van der Waals surface area contributed by atoms with Crippen LogP contribution in [-0.4, -0.2) is 34.7 Å². The van der Waals surface area contributed by atoms with E-state index in [9.17, 15) is 4.79 Å². The first-order valence-corrected chi connectivity index (χ1v) is 11.2. The number of nitrogens with zero attached hydrogens (tertiary/aromatic N) is 3. The molecule has 2 aromatic heterocycles. The van der Waals surface area contributed by atoms with Gasteiger partial charge in [-0.2, -0.15) is 4.98 Å². The largest absolute Gasteiger partial charge is 0.497 e. The molecule has 0 bridgehead atoms. The quantitative estimate of drug-likeness (QED) is 0.538. The smallest absolute Gasteiger partial charge is 0.322 e. The first-order chi connectivity index (χ1) is 15.0. The van der Waals surface area contributed by atoms with Crippen LogP contribution in [0.4, 0.5) is 4.79 Å². The topological polar surface area (TPSA) is 80.5 Å². The van der Waals surface area contributed by atoms with Crippen molar-refractivity contribution in [2.24, 2.45) is 5.92 Å². The highest BCUT2D eigenvalue weighted by Crippen LogP contribution is 2.38. The standard InChI is InChI=1S/C23H26N4O3S/c1-14(2)11-12-27-15(3)19(22-25-21(26-30-22)18-6-5-13-31-18)20(24-23(27)28)16-7-9-17(29-4)10-8-16/h5-10,13-14,20H,11-12H2,1-4H3,(H,24,28). The lowest BCUT2D eigenvalue weighted by molar-refractivity contribution is 0.202. The van der Waals surface area contributed by atoms with Gasteiger partial charge in [0.15, 0.2) is 0 Å². The van der Waals surface area contributed by atoms with Gasteiger partial charge in [0.1, 0.15) is 5.75 Å². The molecular formula is C23H26N4O3S. The third-order valence-corrected chi connectivity index (χ3v) is 6.24. The van der Waals surface area contributed by atoms with Gasteiger partial charge in [0.25, 0.3) is 5.89 Å². The van der Waals surface area contributed by atoms with Gasteiger partial charge in [-0.3, -0.25) is 4.90 Å². The molecule has 3 heterocycles. The third-order valence-electron chi connectivity index (χ3n) is 5.37. The van der Waals surface area contributed by atoms with Gasteiger partial charge in [0, 0.05) is 12.2 Å². The Labute approximate surface area is 185 Å². The van der Waals surface area contributed by atoms with Gasteiger partial charge in [0.05, 0.1) is 23.6 Å². The SMILES string of the molecule is COc1ccc(C2NC(=O)N(CCC(C)C)C(C)=C2c2nc(-c3cccs3)no2)cc1. The summed E-state index contributed by atoms with van der Waals surface area (Å²) in [6, 6.07) is 11.0. The Kier molecular flexibility index (Phi) is 6.08. The van der Waals surface area contributed by atoms with Gasteiger partial charge < -0.3 is 14.6 Å². The highest BCUT2D eigenvalue weighted by Gasteiger charge is 2.35. The molecule has 3 aromatic rings. The predicted octanol–water partition coefficient (Wildman–Crippen LogP) is 5.35. The van der Waals surface area contributed by atoms with E-state index in [0.717, 1.165) is 33.9 Å². The van der Waals surface area contributed by atoms with E-state index in [-0.39, 0.29) is 6.03 Å². The number of hydrogen-bond donors (Lipinski definition) is 1. The van der Waals surface area contributed by atoms with Crippen LogP contribution in [0.2, 0.25) is 0 Å². The Hall–Kier alpha value is -3.13. The maximum atomic E-state index is 13.0. The maximum Gasteiger partial charge on any atom is 0.322 e. The van der Waals surface area contributed by atoms with E-state index in [2.05, 4.69) is 29.3 Å². The maximum absolute atomic E-state index is 13.0. The van der Waals surface area contributed by atoms with Gasteiger partial charge in [-0.05, 0) is 48.4 Å². The molecule has 0 saturated carbocycles. The summed E-state index contributed by atoms with van der Waals surface area (Å²) in [7, 11) is 1.63. The Morgan fingerprint density at radius 2 is 2.03 bits per heavy atom. The number of hydrogen-bond acceptors (Lipinski definition) is 6. The highest BCUT2D eigenvalue weighted by molar-refractivity contribution is 7.13.